The van der Waals surface area contributed by atoms with Crippen LogP contribution in [0, 0.1) is 18.3 Å². The Kier molecular flexibility index (Phi) is 7.44. The Morgan fingerprint density at radius 2 is 1.88 bits per heavy atom. The summed E-state index contributed by atoms with van der Waals surface area (Å²) in [5.41, 5.74) is 1.99. The van der Waals surface area contributed by atoms with Crippen molar-refractivity contribution in [3.05, 3.63) is 23.8 Å². The van der Waals surface area contributed by atoms with Gasteiger partial charge in [0.25, 0.3) is 0 Å². The minimum absolute atomic E-state index is 0. The lowest BCUT2D eigenvalue weighted by atomic mass is 9.92. The minimum atomic E-state index is -0.459. The number of anilines is 2. The van der Waals surface area contributed by atoms with Gasteiger partial charge in [-0.1, -0.05) is 26.8 Å². The highest BCUT2D eigenvalue weighted by atomic mass is 35.5. The van der Waals surface area contributed by atoms with Crippen molar-refractivity contribution in [3.8, 4) is 0 Å². The number of amides is 2. The number of benzene rings is 1. The second kappa shape index (κ2) is 8.68. The normalized spacial score (nSPS) is 20.4. The van der Waals surface area contributed by atoms with Crippen LogP contribution in [-0.4, -0.2) is 24.4 Å². The number of carbonyl (C=O) groups excluding carboxylic acids is 2. The zero-order valence-corrected chi connectivity index (χ0v) is 16.5. The van der Waals surface area contributed by atoms with E-state index in [0.29, 0.717) is 11.7 Å². The molecule has 25 heavy (non-hydrogen) atoms. The van der Waals surface area contributed by atoms with Crippen LogP contribution in [0.3, 0.4) is 0 Å². The molecule has 2 rings (SSSR count). The molecule has 1 aromatic rings. The summed E-state index contributed by atoms with van der Waals surface area (Å²) in [4.78, 5) is 24.7. The van der Waals surface area contributed by atoms with E-state index in [2.05, 4.69) is 22.9 Å². The third kappa shape index (κ3) is 6.01. The molecule has 0 aliphatic carbocycles. The standard InChI is InChI=1S/C19H29N3O2.ClH/c1-12-6-7-15(21-18(24)19(3,4)5)11-16(12)22-17(23)14-8-9-20-13(2)10-14;/h6-7,11,13-14,20H,8-10H2,1-5H3,(H,21,24)(H,22,23);1H/t13-,14-;/m0./s1. The molecule has 0 bridgehead atoms. The molecule has 0 saturated carbocycles. The van der Waals surface area contributed by atoms with Crippen LogP contribution >= 0.6 is 12.4 Å². The lowest BCUT2D eigenvalue weighted by Crippen LogP contribution is -2.40. The van der Waals surface area contributed by atoms with E-state index >= 15 is 0 Å². The second-order valence-corrected chi connectivity index (χ2v) is 7.80. The maximum Gasteiger partial charge on any atom is 0.229 e. The maximum atomic E-state index is 12.5. The van der Waals surface area contributed by atoms with Crippen molar-refractivity contribution >= 4 is 35.6 Å². The summed E-state index contributed by atoms with van der Waals surface area (Å²) in [5, 5.41) is 9.30. The summed E-state index contributed by atoms with van der Waals surface area (Å²) in [6.45, 7) is 10.6. The Morgan fingerprint density at radius 1 is 1.20 bits per heavy atom. The number of rotatable bonds is 3. The SMILES string of the molecule is Cc1ccc(NC(=O)C(C)(C)C)cc1NC(=O)[C@H]1CCN[C@@H](C)C1.Cl. The quantitative estimate of drug-likeness (QED) is 0.762. The van der Waals surface area contributed by atoms with E-state index in [9.17, 15) is 9.59 Å². The van der Waals surface area contributed by atoms with Crippen molar-refractivity contribution in [3.63, 3.8) is 0 Å². The molecule has 1 aliphatic heterocycles. The van der Waals surface area contributed by atoms with E-state index in [0.717, 1.165) is 30.6 Å². The summed E-state index contributed by atoms with van der Waals surface area (Å²) >= 11 is 0. The van der Waals surface area contributed by atoms with Gasteiger partial charge in [-0.15, -0.1) is 12.4 Å². The van der Waals surface area contributed by atoms with Crippen LogP contribution in [0.4, 0.5) is 11.4 Å². The van der Waals surface area contributed by atoms with Crippen LogP contribution < -0.4 is 16.0 Å². The van der Waals surface area contributed by atoms with Gasteiger partial charge in [0.05, 0.1) is 0 Å². The van der Waals surface area contributed by atoms with Gasteiger partial charge in [-0.2, -0.15) is 0 Å². The molecule has 140 valence electrons. The van der Waals surface area contributed by atoms with E-state index in [1.54, 1.807) is 0 Å². The Morgan fingerprint density at radius 3 is 2.48 bits per heavy atom. The van der Waals surface area contributed by atoms with Crippen LogP contribution in [0.5, 0.6) is 0 Å². The average molecular weight is 368 g/mol. The number of hydrogen-bond donors (Lipinski definition) is 3. The fourth-order valence-electron chi connectivity index (χ4n) is 2.76. The zero-order valence-electron chi connectivity index (χ0n) is 15.7. The topological polar surface area (TPSA) is 70.2 Å². The van der Waals surface area contributed by atoms with Gasteiger partial charge >= 0.3 is 0 Å². The first-order valence-electron chi connectivity index (χ1n) is 8.63. The lowest BCUT2D eigenvalue weighted by molar-refractivity contribution is -0.123. The Bertz CT molecular complexity index is 626. The van der Waals surface area contributed by atoms with Crippen LogP contribution in [-0.2, 0) is 9.59 Å². The highest BCUT2D eigenvalue weighted by Gasteiger charge is 2.25. The molecule has 0 radical (unpaired) electrons. The molecule has 2 amide bonds. The van der Waals surface area contributed by atoms with Crippen molar-refractivity contribution in [1.29, 1.82) is 0 Å². The van der Waals surface area contributed by atoms with Crippen molar-refractivity contribution < 1.29 is 9.59 Å². The van der Waals surface area contributed by atoms with E-state index in [1.807, 2.05) is 45.9 Å². The Balaban J connectivity index is 0.00000312. The van der Waals surface area contributed by atoms with Crippen LogP contribution in [0.2, 0.25) is 0 Å². The molecule has 0 aromatic heterocycles. The maximum absolute atomic E-state index is 12.5. The predicted molar refractivity (Wildman–Crippen MR) is 105 cm³/mol. The zero-order chi connectivity index (χ0) is 17.9. The number of piperidine rings is 1. The van der Waals surface area contributed by atoms with Gasteiger partial charge in [0, 0.05) is 28.7 Å². The third-order valence-corrected chi connectivity index (χ3v) is 4.43. The first-order valence-corrected chi connectivity index (χ1v) is 8.63. The van der Waals surface area contributed by atoms with Gasteiger partial charge in [0.1, 0.15) is 0 Å². The van der Waals surface area contributed by atoms with E-state index in [-0.39, 0.29) is 30.1 Å². The Labute approximate surface area is 156 Å². The van der Waals surface area contributed by atoms with Crippen molar-refractivity contribution in [1.82, 2.24) is 5.32 Å². The van der Waals surface area contributed by atoms with Gasteiger partial charge in [0.2, 0.25) is 11.8 Å². The lowest BCUT2D eigenvalue weighted by Gasteiger charge is -2.27. The Hall–Kier alpha value is -1.59. The largest absolute Gasteiger partial charge is 0.326 e. The molecular weight excluding hydrogens is 338 g/mol. The highest BCUT2D eigenvalue weighted by Crippen LogP contribution is 2.25. The van der Waals surface area contributed by atoms with E-state index < -0.39 is 5.41 Å². The molecular formula is C19H30ClN3O2. The summed E-state index contributed by atoms with van der Waals surface area (Å²) in [7, 11) is 0. The van der Waals surface area contributed by atoms with Gasteiger partial charge < -0.3 is 16.0 Å². The first kappa shape index (κ1) is 21.5. The summed E-state index contributed by atoms with van der Waals surface area (Å²) < 4.78 is 0. The van der Waals surface area contributed by atoms with Crippen molar-refractivity contribution in [2.45, 2.75) is 53.5 Å². The third-order valence-electron chi connectivity index (χ3n) is 4.43. The minimum Gasteiger partial charge on any atom is -0.326 e. The molecule has 1 saturated heterocycles. The second-order valence-electron chi connectivity index (χ2n) is 7.80. The molecule has 1 aliphatic rings. The predicted octanol–water partition coefficient (Wildman–Crippen LogP) is 3.73. The molecule has 0 unspecified atom stereocenters. The van der Waals surface area contributed by atoms with Gasteiger partial charge in [-0.3, -0.25) is 9.59 Å². The number of nitrogens with one attached hydrogen (secondary N) is 3. The monoisotopic (exact) mass is 367 g/mol. The molecule has 5 nitrogen and oxygen atoms in total. The van der Waals surface area contributed by atoms with Crippen LogP contribution in [0.1, 0.15) is 46.1 Å². The average Bonchev–Trinajstić information content (AvgIpc) is 2.49. The molecule has 2 atom stereocenters. The first-order chi connectivity index (χ1) is 11.2. The van der Waals surface area contributed by atoms with Gasteiger partial charge in [-0.25, -0.2) is 0 Å². The number of carbonyl (C=O) groups is 2. The van der Waals surface area contributed by atoms with Crippen LogP contribution in [0.15, 0.2) is 18.2 Å². The van der Waals surface area contributed by atoms with Crippen molar-refractivity contribution in [2.75, 3.05) is 17.2 Å². The molecule has 1 aromatic carbocycles. The molecule has 3 N–H and O–H groups in total. The number of aryl methyl sites for hydroxylation is 1. The number of halogens is 1. The number of hydrogen-bond acceptors (Lipinski definition) is 3. The summed E-state index contributed by atoms with van der Waals surface area (Å²) in [6, 6.07) is 5.98. The van der Waals surface area contributed by atoms with E-state index in [1.165, 1.54) is 0 Å². The fraction of sp³-hybridized carbons (Fsp3) is 0.579. The van der Waals surface area contributed by atoms with Gasteiger partial charge in [-0.05, 0) is 50.9 Å². The molecule has 0 spiro atoms. The highest BCUT2D eigenvalue weighted by molar-refractivity contribution is 5.97. The van der Waals surface area contributed by atoms with Gasteiger partial charge in [0.15, 0.2) is 0 Å². The summed E-state index contributed by atoms with van der Waals surface area (Å²) in [5.74, 6) is 0.0510. The van der Waals surface area contributed by atoms with E-state index in [4.69, 9.17) is 0 Å². The molecule has 6 heteroatoms. The molecule has 1 heterocycles. The smallest absolute Gasteiger partial charge is 0.229 e. The van der Waals surface area contributed by atoms with Crippen LogP contribution in [0.25, 0.3) is 0 Å². The van der Waals surface area contributed by atoms with Crippen molar-refractivity contribution in [2.24, 2.45) is 11.3 Å². The summed E-state index contributed by atoms with van der Waals surface area (Å²) in [6.07, 6.45) is 1.71. The molecule has 1 fully saturated rings. The fourth-order valence-corrected chi connectivity index (χ4v) is 2.76.